The highest BCUT2D eigenvalue weighted by atomic mass is 32.1. The molecule has 0 spiro atoms. The molecule has 0 unspecified atom stereocenters. The normalized spacial score (nSPS) is 17.9. The second-order valence-electron chi connectivity index (χ2n) is 5.10. The Hall–Kier alpha value is -1.63. The number of β-amino-alcohol motifs (C(OH)–C–C–N with tert-alkyl or cyclic N) is 1. The van der Waals surface area contributed by atoms with Gasteiger partial charge < -0.3 is 14.4 Å². The van der Waals surface area contributed by atoms with Crippen LogP contribution in [0.1, 0.15) is 21.5 Å². The Kier molecular flexibility index (Phi) is 4.38. The third-order valence-corrected chi connectivity index (χ3v) is 4.55. The van der Waals surface area contributed by atoms with Crippen molar-refractivity contribution in [2.24, 2.45) is 0 Å². The van der Waals surface area contributed by atoms with Crippen molar-refractivity contribution < 1.29 is 14.3 Å². The van der Waals surface area contributed by atoms with E-state index in [1.807, 2.05) is 22.4 Å². The molecule has 3 rings (SSSR count). The highest BCUT2D eigenvalue weighted by Crippen LogP contribution is 2.17. The van der Waals surface area contributed by atoms with Crippen molar-refractivity contribution >= 4 is 17.2 Å². The number of carbonyl (C=O) groups excluding carboxylic acids is 1. The van der Waals surface area contributed by atoms with Crippen molar-refractivity contribution in [2.45, 2.75) is 6.10 Å². The maximum atomic E-state index is 12.2. The molecule has 0 bridgehead atoms. The van der Waals surface area contributed by atoms with E-state index in [1.54, 1.807) is 18.4 Å². The molecule has 3 heterocycles. The molecule has 0 aliphatic carbocycles. The topological polar surface area (TPSA) is 56.9 Å². The molecule has 2 aromatic rings. The molecule has 21 heavy (non-hydrogen) atoms. The van der Waals surface area contributed by atoms with E-state index in [-0.39, 0.29) is 5.91 Å². The van der Waals surface area contributed by atoms with Gasteiger partial charge in [-0.15, -0.1) is 11.3 Å². The van der Waals surface area contributed by atoms with E-state index in [1.165, 1.54) is 11.3 Å². The molecular weight excluding hydrogens is 288 g/mol. The third kappa shape index (κ3) is 3.34. The number of carbonyl (C=O) groups is 1. The summed E-state index contributed by atoms with van der Waals surface area (Å²) in [5.41, 5.74) is 0. The van der Waals surface area contributed by atoms with E-state index in [9.17, 15) is 9.90 Å². The maximum Gasteiger partial charge on any atom is 0.264 e. The van der Waals surface area contributed by atoms with Crippen LogP contribution in [0.3, 0.4) is 0 Å². The minimum atomic E-state index is -0.612. The molecule has 6 heteroatoms. The number of amides is 1. The van der Waals surface area contributed by atoms with Gasteiger partial charge in [-0.25, -0.2) is 0 Å². The van der Waals surface area contributed by atoms with Crippen LogP contribution in [-0.4, -0.2) is 53.5 Å². The number of piperazine rings is 1. The first-order chi connectivity index (χ1) is 10.2. The smallest absolute Gasteiger partial charge is 0.264 e. The van der Waals surface area contributed by atoms with Crippen LogP contribution in [0, 0.1) is 0 Å². The van der Waals surface area contributed by atoms with Gasteiger partial charge in [0.15, 0.2) is 0 Å². The fraction of sp³-hybridized carbons (Fsp3) is 0.400. The zero-order chi connectivity index (χ0) is 14.7. The van der Waals surface area contributed by atoms with Crippen LogP contribution in [0.4, 0.5) is 0 Å². The summed E-state index contributed by atoms with van der Waals surface area (Å²) in [6, 6.07) is 7.31. The van der Waals surface area contributed by atoms with E-state index < -0.39 is 6.10 Å². The summed E-state index contributed by atoms with van der Waals surface area (Å²) in [6.07, 6.45) is 0.954. The van der Waals surface area contributed by atoms with Crippen LogP contribution in [0.15, 0.2) is 40.3 Å². The molecule has 1 saturated heterocycles. The number of nitrogens with zero attached hydrogens (tertiary/aromatic N) is 2. The Morgan fingerprint density at radius 2 is 2.10 bits per heavy atom. The number of hydrogen-bond donors (Lipinski definition) is 1. The molecule has 0 saturated carbocycles. The zero-order valence-electron chi connectivity index (χ0n) is 11.6. The fourth-order valence-corrected chi connectivity index (χ4v) is 3.20. The van der Waals surface area contributed by atoms with Gasteiger partial charge in [0.2, 0.25) is 0 Å². The molecule has 1 aliphatic heterocycles. The first-order valence-corrected chi connectivity index (χ1v) is 7.88. The predicted molar refractivity (Wildman–Crippen MR) is 80.3 cm³/mol. The molecule has 112 valence electrons. The lowest BCUT2D eigenvalue weighted by molar-refractivity contribution is 0.0489. The Bertz CT molecular complexity index is 560. The Balaban J connectivity index is 1.50. The molecule has 1 atom stereocenters. The number of hydrogen-bond acceptors (Lipinski definition) is 5. The number of thiophene rings is 1. The summed E-state index contributed by atoms with van der Waals surface area (Å²) in [5.74, 6) is 0.698. The highest BCUT2D eigenvalue weighted by molar-refractivity contribution is 7.12. The molecule has 1 aliphatic rings. The highest BCUT2D eigenvalue weighted by Gasteiger charge is 2.24. The van der Waals surface area contributed by atoms with Gasteiger partial charge in [0.25, 0.3) is 5.91 Å². The average molecular weight is 306 g/mol. The largest absolute Gasteiger partial charge is 0.467 e. The minimum Gasteiger partial charge on any atom is -0.467 e. The van der Waals surface area contributed by atoms with Crippen molar-refractivity contribution in [2.75, 3.05) is 32.7 Å². The van der Waals surface area contributed by atoms with Gasteiger partial charge in [-0.2, -0.15) is 0 Å². The van der Waals surface area contributed by atoms with E-state index in [0.29, 0.717) is 25.4 Å². The predicted octanol–water partition coefficient (Wildman–Crippen LogP) is 1.83. The van der Waals surface area contributed by atoms with Crippen LogP contribution in [0.25, 0.3) is 0 Å². The van der Waals surface area contributed by atoms with Crippen molar-refractivity contribution in [3.05, 3.63) is 46.5 Å². The standard InChI is InChI=1S/C15H18N2O3S/c18-12(13-3-1-9-20-13)11-16-5-7-17(8-6-16)15(19)14-4-2-10-21-14/h1-4,9-10,12,18H,5-8,11H2/t12-/m0/s1. The Morgan fingerprint density at radius 1 is 1.29 bits per heavy atom. The van der Waals surface area contributed by atoms with Gasteiger partial charge in [-0.3, -0.25) is 9.69 Å². The average Bonchev–Trinajstić information content (AvgIpc) is 3.20. The van der Waals surface area contributed by atoms with Crippen molar-refractivity contribution in [1.29, 1.82) is 0 Å². The van der Waals surface area contributed by atoms with Crippen molar-refractivity contribution in [3.8, 4) is 0 Å². The van der Waals surface area contributed by atoms with E-state index >= 15 is 0 Å². The van der Waals surface area contributed by atoms with Gasteiger partial charge in [-0.05, 0) is 23.6 Å². The molecular formula is C15H18N2O3S. The van der Waals surface area contributed by atoms with Gasteiger partial charge in [0.1, 0.15) is 11.9 Å². The number of aliphatic hydroxyl groups excluding tert-OH is 1. The number of furan rings is 1. The molecule has 0 aromatic carbocycles. The monoisotopic (exact) mass is 306 g/mol. The minimum absolute atomic E-state index is 0.108. The van der Waals surface area contributed by atoms with E-state index in [4.69, 9.17) is 4.42 Å². The second kappa shape index (κ2) is 6.43. The van der Waals surface area contributed by atoms with Crippen LogP contribution in [0.2, 0.25) is 0 Å². The summed E-state index contributed by atoms with van der Waals surface area (Å²) < 4.78 is 5.21. The van der Waals surface area contributed by atoms with Crippen LogP contribution < -0.4 is 0 Å². The molecule has 5 nitrogen and oxygen atoms in total. The van der Waals surface area contributed by atoms with Gasteiger partial charge in [0, 0.05) is 32.7 Å². The van der Waals surface area contributed by atoms with Gasteiger partial charge in [0.05, 0.1) is 11.1 Å². The summed E-state index contributed by atoms with van der Waals surface area (Å²) in [6.45, 7) is 3.47. The fourth-order valence-electron chi connectivity index (χ4n) is 2.51. The molecule has 1 fully saturated rings. The number of aliphatic hydroxyl groups is 1. The first-order valence-electron chi connectivity index (χ1n) is 7.00. The summed E-state index contributed by atoms with van der Waals surface area (Å²) in [7, 11) is 0. The summed E-state index contributed by atoms with van der Waals surface area (Å²) in [4.78, 5) is 17.1. The third-order valence-electron chi connectivity index (χ3n) is 3.69. The molecule has 2 aromatic heterocycles. The molecule has 1 amide bonds. The van der Waals surface area contributed by atoms with Gasteiger partial charge >= 0.3 is 0 Å². The summed E-state index contributed by atoms with van der Waals surface area (Å²) >= 11 is 1.48. The quantitative estimate of drug-likeness (QED) is 0.936. The number of rotatable bonds is 4. The van der Waals surface area contributed by atoms with E-state index in [0.717, 1.165) is 18.0 Å². The first kappa shape index (κ1) is 14.3. The lowest BCUT2D eigenvalue weighted by atomic mass is 10.2. The van der Waals surface area contributed by atoms with Gasteiger partial charge in [-0.1, -0.05) is 6.07 Å². The SMILES string of the molecule is O=C(c1cccs1)N1CCN(C[C@H](O)c2ccco2)CC1. The van der Waals surface area contributed by atoms with E-state index in [2.05, 4.69) is 4.90 Å². The second-order valence-corrected chi connectivity index (χ2v) is 6.05. The Labute approximate surface area is 127 Å². The van der Waals surface area contributed by atoms with Crippen molar-refractivity contribution in [1.82, 2.24) is 9.80 Å². The Morgan fingerprint density at radius 3 is 2.71 bits per heavy atom. The van der Waals surface area contributed by atoms with Crippen molar-refractivity contribution in [3.63, 3.8) is 0 Å². The van der Waals surface area contributed by atoms with Crippen LogP contribution in [-0.2, 0) is 0 Å². The molecule has 1 N–H and O–H groups in total. The maximum absolute atomic E-state index is 12.2. The van der Waals surface area contributed by atoms with Crippen LogP contribution >= 0.6 is 11.3 Å². The lowest BCUT2D eigenvalue weighted by Gasteiger charge is -2.35. The van der Waals surface area contributed by atoms with Crippen LogP contribution in [0.5, 0.6) is 0 Å². The molecule has 0 radical (unpaired) electrons. The lowest BCUT2D eigenvalue weighted by Crippen LogP contribution is -2.49. The summed E-state index contributed by atoms with van der Waals surface area (Å²) in [5, 5.41) is 12.0. The zero-order valence-corrected chi connectivity index (χ0v) is 12.5.